The minimum absolute atomic E-state index is 0.0461. The first-order valence-electron chi connectivity index (χ1n) is 11.0. The second-order valence-electron chi connectivity index (χ2n) is 8.37. The van der Waals surface area contributed by atoms with Gasteiger partial charge in [-0.3, -0.25) is 14.5 Å². The second kappa shape index (κ2) is 8.95. The molecule has 33 heavy (non-hydrogen) atoms. The number of benzene rings is 1. The highest BCUT2D eigenvalue weighted by Crippen LogP contribution is 2.19. The fraction of sp³-hybridized carbons (Fsp3) is 0.292. The van der Waals surface area contributed by atoms with Crippen molar-refractivity contribution in [3.63, 3.8) is 0 Å². The quantitative estimate of drug-likeness (QED) is 0.509. The zero-order valence-electron chi connectivity index (χ0n) is 18.4. The fourth-order valence-corrected chi connectivity index (χ4v) is 4.20. The van der Waals surface area contributed by atoms with Crippen molar-refractivity contribution in [1.29, 1.82) is 0 Å². The Labute approximate surface area is 190 Å². The summed E-state index contributed by atoms with van der Waals surface area (Å²) < 4.78 is 3.12. The van der Waals surface area contributed by atoms with Gasteiger partial charge in [-0.25, -0.2) is 14.3 Å². The van der Waals surface area contributed by atoms with Crippen molar-refractivity contribution in [1.82, 2.24) is 29.4 Å². The third kappa shape index (κ3) is 4.54. The fourth-order valence-electron chi connectivity index (χ4n) is 4.20. The minimum atomic E-state index is -0.238. The molecule has 168 valence electrons. The lowest BCUT2D eigenvalue weighted by molar-refractivity contribution is -0.121. The number of anilines is 1. The molecule has 0 aliphatic carbocycles. The van der Waals surface area contributed by atoms with E-state index in [1.54, 1.807) is 16.9 Å². The number of hydrogen-bond acceptors (Lipinski definition) is 6. The van der Waals surface area contributed by atoms with E-state index < -0.39 is 0 Å². The van der Waals surface area contributed by atoms with E-state index in [9.17, 15) is 9.59 Å². The maximum absolute atomic E-state index is 13.0. The van der Waals surface area contributed by atoms with E-state index in [-0.39, 0.29) is 17.4 Å². The van der Waals surface area contributed by atoms with E-state index >= 15 is 0 Å². The molecule has 0 saturated carbocycles. The first-order chi connectivity index (χ1) is 16.1. The van der Waals surface area contributed by atoms with Gasteiger partial charge in [0.05, 0.1) is 24.5 Å². The van der Waals surface area contributed by atoms with Gasteiger partial charge in [0, 0.05) is 23.8 Å². The van der Waals surface area contributed by atoms with Crippen LogP contribution in [-0.4, -0.2) is 48.4 Å². The zero-order chi connectivity index (χ0) is 22.8. The van der Waals surface area contributed by atoms with Crippen LogP contribution in [0.4, 0.5) is 5.82 Å². The van der Waals surface area contributed by atoms with Crippen LogP contribution in [0.2, 0.25) is 0 Å². The monoisotopic (exact) mass is 443 g/mol. The van der Waals surface area contributed by atoms with Crippen LogP contribution >= 0.6 is 0 Å². The van der Waals surface area contributed by atoms with E-state index in [4.69, 9.17) is 0 Å². The van der Waals surface area contributed by atoms with Gasteiger partial charge in [0.25, 0.3) is 5.56 Å². The molecule has 1 aliphatic rings. The van der Waals surface area contributed by atoms with Crippen molar-refractivity contribution >= 4 is 22.6 Å². The Kier molecular flexibility index (Phi) is 5.70. The molecule has 1 aliphatic heterocycles. The number of likely N-dealkylation sites (tertiary alicyclic amines) is 1. The number of hydrogen-bond donors (Lipinski definition) is 1. The molecule has 1 N–H and O–H groups in total. The molecule has 1 atom stereocenters. The third-order valence-corrected chi connectivity index (χ3v) is 5.89. The van der Waals surface area contributed by atoms with Gasteiger partial charge in [0.2, 0.25) is 5.91 Å². The van der Waals surface area contributed by atoms with Crippen molar-refractivity contribution in [3.05, 3.63) is 77.0 Å². The number of rotatable bonds is 5. The molecule has 1 aromatic carbocycles. The van der Waals surface area contributed by atoms with Gasteiger partial charge in [-0.05, 0) is 50.6 Å². The van der Waals surface area contributed by atoms with E-state index in [2.05, 4.69) is 25.4 Å². The van der Waals surface area contributed by atoms with Crippen LogP contribution in [0.5, 0.6) is 0 Å². The summed E-state index contributed by atoms with van der Waals surface area (Å²) in [4.78, 5) is 32.3. The smallest absolute Gasteiger partial charge is 0.296 e. The standard InChI is InChI=1S/C24H25N7O2/c1-17-7-5-11-21(26-17)27-23(32)18-8-6-12-29(14-18)16-31-24(33)22-19(13-25-31)15-30(28-22)20-9-3-2-4-10-20/h2-5,7,9-11,13,15,18H,6,8,12,14,16H2,1H3,(H,26,27,32). The summed E-state index contributed by atoms with van der Waals surface area (Å²) in [5, 5.41) is 12.5. The van der Waals surface area contributed by atoms with Gasteiger partial charge in [0.1, 0.15) is 5.82 Å². The SMILES string of the molecule is Cc1cccc(NC(=O)C2CCCN(Cn3ncc4cn(-c5ccccc5)nc4c3=O)C2)n1. The van der Waals surface area contributed by atoms with E-state index in [0.717, 1.165) is 30.8 Å². The lowest BCUT2D eigenvalue weighted by Crippen LogP contribution is -2.43. The highest BCUT2D eigenvalue weighted by atomic mass is 16.2. The Morgan fingerprint density at radius 1 is 1.15 bits per heavy atom. The largest absolute Gasteiger partial charge is 0.310 e. The van der Waals surface area contributed by atoms with Gasteiger partial charge in [-0.1, -0.05) is 24.3 Å². The van der Waals surface area contributed by atoms with Gasteiger partial charge in [-0.2, -0.15) is 10.2 Å². The highest BCUT2D eigenvalue weighted by Gasteiger charge is 2.26. The Balaban J connectivity index is 1.30. The van der Waals surface area contributed by atoms with E-state index in [1.807, 2.05) is 55.6 Å². The normalized spacial score (nSPS) is 16.7. The number of para-hydroxylation sites is 1. The highest BCUT2D eigenvalue weighted by molar-refractivity contribution is 5.91. The Morgan fingerprint density at radius 3 is 2.82 bits per heavy atom. The van der Waals surface area contributed by atoms with Crippen LogP contribution in [0.3, 0.4) is 0 Å². The number of nitrogens with one attached hydrogen (secondary N) is 1. The number of piperidine rings is 1. The van der Waals surface area contributed by atoms with Crippen molar-refractivity contribution in [2.75, 3.05) is 18.4 Å². The van der Waals surface area contributed by atoms with E-state index in [1.165, 1.54) is 4.68 Å². The number of amides is 1. The molecular formula is C24H25N7O2. The van der Waals surface area contributed by atoms with Crippen LogP contribution in [0.1, 0.15) is 18.5 Å². The van der Waals surface area contributed by atoms with Crippen molar-refractivity contribution < 1.29 is 4.79 Å². The molecule has 1 saturated heterocycles. The number of nitrogens with zero attached hydrogens (tertiary/aromatic N) is 6. The number of carbonyl (C=O) groups excluding carboxylic acids is 1. The molecule has 0 spiro atoms. The molecule has 1 unspecified atom stereocenters. The average molecular weight is 444 g/mol. The lowest BCUT2D eigenvalue weighted by atomic mass is 9.97. The first-order valence-corrected chi connectivity index (χ1v) is 11.0. The maximum atomic E-state index is 13.0. The maximum Gasteiger partial charge on any atom is 0.296 e. The number of aryl methyl sites for hydroxylation is 1. The summed E-state index contributed by atoms with van der Waals surface area (Å²) in [6, 6.07) is 15.2. The summed E-state index contributed by atoms with van der Waals surface area (Å²) in [6.07, 6.45) is 5.15. The molecule has 9 nitrogen and oxygen atoms in total. The van der Waals surface area contributed by atoms with Crippen LogP contribution in [-0.2, 0) is 11.5 Å². The van der Waals surface area contributed by atoms with Crippen molar-refractivity contribution in [2.24, 2.45) is 5.92 Å². The van der Waals surface area contributed by atoms with Gasteiger partial charge in [0.15, 0.2) is 5.52 Å². The molecule has 1 fully saturated rings. The van der Waals surface area contributed by atoms with Gasteiger partial charge < -0.3 is 5.32 Å². The Morgan fingerprint density at radius 2 is 2.00 bits per heavy atom. The third-order valence-electron chi connectivity index (χ3n) is 5.89. The number of pyridine rings is 1. The molecule has 4 heterocycles. The predicted octanol–water partition coefficient (Wildman–Crippen LogP) is 2.59. The average Bonchev–Trinajstić information content (AvgIpc) is 3.27. The minimum Gasteiger partial charge on any atom is -0.310 e. The Hall–Kier alpha value is -3.85. The van der Waals surface area contributed by atoms with Crippen LogP contribution in [0, 0.1) is 12.8 Å². The molecular weight excluding hydrogens is 418 g/mol. The Bertz CT molecular complexity index is 1350. The van der Waals surface area contributed by atoms with Crippen molar-refractivity contribution in [3.8, 4) is 5.69 Å². The van der Waals surface area contributed by atoms with Crippen LogP contribution in [0.15, 0.2) is 65.7 Å². The summed E-state index contributed by atoms with van der Waals surface area (Å²) >= 11 is 0. The molecule has 3 aromatic heterocycles. The summed E-state index contributed by atoms with van der Waals surface area (Å²) in [7, 11) is 0. The second-order valence-corrected chi connectivity index (χ2v) is 8.37. The summed E-state index contributed by atoms with van der Waals surface area (Å²) in [5.74, 6) is 0.349. The molecule has 9 heteroatoms. The molecule has 4 aromatic rings. The lowest BCUT2D eigenvalue weighted by Gasteiger charge is -2.31. The van der Waals surface area contributed by atoms with Gasteiger partial charge in [-0.15, -0.1) is 0 Å². The zero-order valence-corrected chi connectivity index (χ0v) is 18.4. The number of fused-ring (bicyclic) bond motifs is 1. The molecule has 0 radical (unpaired) electrons. The van der Waals surface area contributed by atoms with E-state index in [0.29, 0.717) is 29.9 Å². The number of aromatic nitrogens is 5. The molecule has 1 amide bonds. The summed E-state index contributed by atoms with van der Waals surface area (Å²) in [6.45, 7) is 3.57. The topological polar surface area (TPSA) is 97.9 Å². The van der Waals surface area contributed by atoms with Crippen LogP contribution < -0.4 is 10.9 Å². The first kappa shape index (κ1) is 21.0. The predicted molar refractivity (Wildman–Crippen MR) is 125 cm³/mol. The summed E-state index contributed by atoms with van der Waals surface area (Å²) in [5.41, 5.74) is 1.88. The molecule has 5 rings (SSSR count). The molecule has 0 bridgehead atoms. The van der Waals surface area contributed by atoms with Gasteiger partial charge >= 0.3 is 0 Å². The number of carbonyl (C=O) groups is 1. The van der Waals surface area contributed by atoms with Crippen molar-refractivity contribution in [2.45, 2.75) is 26.4 Å². The van der Waals surface area contributed by atoms with Crippen LogP contribution in [0.25, 0.3) is 16.6 Å².